The van der Waals surface area contributed by atoms with Crippen LogP contribution in [0, 0.1) is 17.1 Å². The van der Waals surface area contributed by atoms with E-state index >= 15 is 0 Å². The van der Waals surface area contributed by atoms with Gasteiger partial charge in [-0.05, 0) is 23.1 Å². The van der Waals surface area contributed by atoms with E-state index in [4.69, 9.17) is 0 Å². The summed E-state index contributed by atoms with van der Waals surface area (Å²) < 4.78 is 14.3. The molecule has 1 aliphatic rings. The molecule has 0 spiro atoms. The fourth-order valence-electron chi connectivity index (χ4n) is 3.61. The lowest BCUT2D eigenvalue weighted by Crippen LogP contribution is -2.31. The molecule has 0 aromatic heterocycles. The predicted octanol–water partition coefficient (Wildman–Crippen LogP) is 4.69. The molecule has 3 aromatic carbocycles. The molecule has 2 amide bonds. The van der Waals surface area contributed by atoms with Crippen LogP contribution >= 0.6 is 11.8 Å². The minimum absolute atomic E-state index is 0.00595. The van der Waals surface area contributed by atoms with Crippen molar-refractivity contribution in [1.82, 2.24) is 5.32 Å². The highest BCUT2D eigenvalue weighted by Gasteiger charge is 2.31. The van der Waals surface area contributed by atoms with Gasteiger partial charge in [0.1, 0.15) is 5.82 Å². The zero-order valence-electron chi connectivity index (χ0n) is 16.4. The van der Waals surface area contributed by atoms with Crippen molar-refractivity contribution in [2.24, 2.45) is 0 Å². The van der Waals surface area contributed by atoms with Crippen molar-refractivity contribution >= 4 is 40.0 Å². The van der Waals surface area contributed by atoms with Gasteiger partial charge in [-0.3, -0.25) is 9.59 Å². The first-order valence-corrected chi connectivity index (χ1v) is 10.6. The summed E-state index contributed by atoms with van der Waals surface area (Å²) in [5, 5.41) is 17.5. The van der Waals surface area contributed by atoms with Crippen LogP contribution in [0.5, 0.6) is 0 Å². The van der Waals surface area contributed by atoms with Gasteiger partial charge in [0.15, 0.2) is 0 Å². The van der Waals surface area contributed by atoms with E-state index < -0.39 is 11.7 Å². The molecule has 4 rings (SSSR count). The minimum Gasteiger partial charge on any atom is -0.325 e. The van der Waals surface area contributed by atoms with Crippen LogP contribution in [0.15, 0.2) is 77.3 Å². The molecule has 0 radical (unpaired) electrons. The summed E-state index contributed by atoms with van der Waals surface area (Å²) in [6.07, 6.45) is -0.0178. The molecular formula is C24H18FN3O2S. The van der Waals surface area contributed by atoms with Crippen LogP contribution in [0.25, 0.3) is 10.8 Å². The fourth-order valence-corrected chi connectivity index (χ4v) is 4.49. The smallest absolute Gasteiger partial charge is 0.234 e. The number of carbonyl (C=O) groups is 2. The van der Waals surface area contributed by atoms with E-state index in [0.29, 0.717) is 16.3 Å². The number of rotatable bonds is 5. The van der Waals surface area contributed by atoms with Crippen LogP contribution in [0.4, 0.5) is 10.1 Å². The lowest BCUT2D eigenvalue weighted by atomic mass is 9.87. The average molecular weight is 431 g/mol. The molecule has 1 aliphatic heterocycles. The van der Waals surface area contributed by atoms with Crippen LogP contribution in [0.3, 0.4) is 0 Å². The number of nitrogens with zero attached hydrogens (tertiary/aromatic N) is 1. The highest BCUT2D eigenvalue weighted by molar-refractivity contribution is 8.03. The van der Waals surface area contributed by atoms with Gasteiger partial charge in [-0.15, -0.1) is 0 Å². The Labute approximate surface area is 182 Å². The van der Waals surface area contributed by atoms with E-state index in [1.165, 1.54) is 6.07 Å². The molecule has 0 unspecified atom stereocenters. The Morgan fingerprint density at radius 2 is 1.87 bits per heavy atom. The van der Waals surface area contributed by atoms with Gasteiger partial charge in [0, 0.05) is 23.4 Å². The number of anilines is 1. The standard InChI is InChI=1S/C24H18FN3O2S/c25-20-10-4-3-9-17(20)18-12-22(29)28-24(19(18)13-26)31-14-23(30)27-21-11-5-7-15-6-1-2-8-16(15)21/h1-11,18H,12,14H2,(H,27,30)(H,28,29)/t18-/m0/s1. The molecule has 154 valence electrons. The van der Waals surface area contributed by atoms with E-state index in [1.54, 1.807) is 18.2 Å². The molecule has 3 aromatic rings. The number of benzene rings is 3. The van der Waals surface area contributed by atoms with Gasteiger partial charge in [-0.1, -0.05) is 66.4 Å². The fraction of sp³-hybridized carbons (Fsp3) is 0.125. The first-order valence-electron chi connectivity index (χ1n) is 9.66. The van der Waals surface area contributed by atoms with Crippen LogP contribution in [-0.2, 0) is 9.59 Å². The SMILES string of the molecule is N#CC1=C(SCC(=O)Nc2cccc3ccccc23)NC(=O)C[C@H]1c1ccccc1F. The quantitative estimate of drug-likeness (QED) is 0.614. The van der Waals surface area contributed by atoms with Gasteiger partial charge in [0.2, 0.25) is 11.8 Å². The Bertz CT molecular complexity index is 1240. The highest BCUT2D eigenvalue weighted by atomic mass is 32.2. The number of allylic oxidation sites excluding steroid dienone is 1. The molecule has 31 heavy (non-hydrogen) atoms. The molecule has 7 heteroatoms. The first kappa shape index (κ1) is 20.6. The molecule has 2 N–H and O–H groups in total. The van der Waals surface area contributed by atoms with Crippen LogP contribution in [0.2, 0.25) is 0 Å². The van der Waals surface area contributed by atoms with Crippen molar-refractivity contribution in [2.75, 3.05) is 11.1 Å². The van der Waals surface area contributed by atoms with Crippen LogP contribution in [0.1, 0.15) is 17.9 Å². The maximum atomic E-state index is 14.3. The molecule has 0 saturated heterocycles. The van der Waals surface area contributed by atoms with E-state index in [-0.39, 0.29) is 29.6 Å². The number of nitriles is 1. The summed E-state index contributed by atoms with van der Waals surface area (Å²) in [6.45, 7) is 0. The highest BCUT2D eigenvalue weighted by Crippen LogP contribution is 2.37. The number of amides is 2. The van der Waals surface area contributed by atoms with Gasteiger partial charge in [-0.25, -0.2) is 4.39 Å². The average Bonchev–Trinajstić information content (AvgIpc) is 2.78. The number of hydrogen-bond donors (Lipinski definition) is 2. The number of hydrogen-bond acceptors (Lipinski definition) is 4. The number of halogens is 1. The Morgan fingerprint density at radius 1 is 1.13 bits per heavy atom. The van der Waals surface area contributed by atoms with Crippen molar-refractivity contribution in [3.63, 3.8) is 0 Å². The molecule has 1 heterocycles. The molecule has 0 aliphatic carbocycles. The summed E-state index contributed by atoms with van der Waals surface area (Å²) in [5.41, 5.74) is 1.25. The number of thioether (sulfide) groups is 1. The second kappa shape index (κ2) is 9.02. The predicted molar refractivity (Wildman–Crippen MR) is 120 cm³/mol. The maximum Gasteiger partial charge on any atom is 0.234 e. The van der Waals surface area contributed by atoms with Crippen molar-refractivity contribution in [3.8, 4) is 6.07 Å². The van der Waals surface area contributed by atoms with E-state index in [1.807, 2.05) is 42.5 Å². The largest absolute Gasteiger partial charge is 0.325 e. The Morgan fingerprint density at radius 3 is 2.68 bits per heavy atom. The maximum absolute atomic E-state index is 14.3. The number of fused-ring (bicyclic) bond motifs is 1. The zero-order valence-corrected chi connectivity index (χ0v) is 17.2. The van der Waals surface area contributed by atoms with Crippen LogP contribution in [-0.4, -0.2) is 17.6 Å². The Kier molecular flexibility index (Phi) is 6.01. The third-order valence-corrected chi connectivity index (χ3v) is 6.07. The molecule has 0 saturated carbocycles. The first-order chi connectivity index (χ1) is 15.1. The normalized spacial score (nSPS) is 16.0. The summed E-state index contributed by atoms with van der Waals surface area (Å²) in [4.78, 5) is 24.8. The number of carbonyl (C=O) groups excluding carboxylic acids is 2. The van der Waals surface area contributed by atoms with Gasteiger partial charge in [0.05, 0.1) is 22.4 Å². The topological polar surface area (TPSA) is 82.0 Å². The van der Waals surface area contributed by atoms with Crippen molar-refractivity contribution in [3.05, 3.63) is 88.7 Å². The van der Waals surface area contributed by atoms with E-state index in [0.717, 1.165) is 22.5 Å². The third-order valence-electron chi connectivity index (χ3n) is 5.05. The van der Waals surface area contributed by atoms with E-state index in [2.05, 4.69) is 16.7 Å². The van der Waals surface area contributed by atoms with Gasteiger partial charge < -0.3 is 10.6 Å². The lowest BCUT2D eigenvalue weighted by Gasteiger charge is -2.25. The molecule has 5 nitrogen and oxygen atoms in total. The Balaban J connectivity index is 1.53. The summed E-state index contributed by atoms with van der Waals surface area (Å²) in [5.74, 6) is -1.73. The van der Waals surface area contributed by atoms with Gasteiger partial charge in [0.25, 0.3) is 0 Å². The van der Waals surface area contributed by atoms with Gasteiger partial charge in [-0.2, -0.15) is 5.26 Å². The van der Waals surface area contributed by atoms with Crippen LogP contribution < -0.4 is 10.6 Å². The summed E-state index contributed by atoms with van der Waals surface area (Å²) >= 11 is 1.06. The van der Waals surface area contributed by atoms with E-state index in [9.17, 15) is 19.2 Å². The second-order valence-electron chi connectivity index (χ2n) is 7.04. The summed E-state index contributed by atoms with van der Waals surface area (Å²) in [6, 6.07) is 21.6. The molecular weight excluding hydrogens is 413 g/mol. The molecule has 0 fully saturated rings. The van der Waals surface area contributed by atoms with Gasteiger partial charge >= 0.3 is 0 Å². The van der Waals surface area contributed by atoms with Crippen molar-refractivity contribution in [1.29, 1.82) is 5.26 Å². The molecule has 1 atom stereocenters. The summed E-state index contributed by atoms with van der Waals surface area (Å²) in [7, 11) is 0. The van der Waals surface area contributed by atoms with Crippen molar-refractivity contribution in [2.45, 2.75) is 12.3 Å². The minimum atomic E-state index is -0.677. The van der Waals surface area contributed by atoms with Crippen molar-refractivity contribution < 1.29 is 14.0 Å². The zero-order chi connectivity index (χ0) is 21.8. The number of nitrogens with one attached hydrogen (secondary N) is 2. The lowest BCUT2D eigenvalue weighted by molar-refractivity contribution is -0.121. The Hall–Kier alpha value is -3.63. The second-order valence-corrected chi connectivity index (χ2v) is 8.03. The monoisotopic (exact) mass is 431 g/mol. The molecule has 0 bridgehead atoms. The third kappa shape index (κ3) is 4.44.